The molecule has 0 radical (unpaired) electrons. The predicted molar refractivity (Wildman–Crippen MR) is 78.5 cm³/mol. The fourth-order valence-corrected chi connectivity index (χ4v) is 2.14. The lowest BCUT2D eigenvalue weighted by Crippen LogP contribution is -2.21. The molecule has 0 atom stereocenters. The van der Waals surface area contributed by atoms with Crippen LogP contribution in [0.25, 0.3) is 11.1 Å². The first-order chi connectivity index (χ1) is 9.08. The topological polar surface area (TPSA) is 12.0 Å². The molecule has 0 aliphatic rings. The maximum absolute atomic E-state index is 13.8. The van der Waals surface area contributed by atoms with Crippen molar-refractivity contribution in [2.24, 2.45) is 0 Å². The SMILES string of the molecule is Cc1cc(CNC(C)C)ccc1-c1ccccc1F. The normalized spacial score (nSPS) is 11.0. The summed E-state index contributed by atoms with van der Waals surface area (Å²) in [4.78, 5) is 0. The zero-order chi connectivity index (χ0) is 13.8. The predicted octanol–water partition coefficient (Wildman–Crippen LogP) is 4.30. The Labute approximate surface area is 114 Å². The molecular weight excluding hydrogens is 237 g/mol. The van der Waals surface area contributed by atoms with E-state index in [2.05, 4.69) is 31.3 Å². The standard InChI is InChI=1S/C17H20FN/c1-12(2)19-11-14-8-9-15(13(3)10-14)16-6-4-5-7-17(16)18/h4-10,12,19H,11H2,1-3H3. The van der Waals surface area contributed by atoms with E-state index < -0.39 is 0 Å². The molecule has 0 aliphatic heterocycles. The number of rotatable bonds is 4. The maximum atomic E-state index is 13.8. The van der Waals surface area contributed by atoms with Gasteiger partial charge in [-0.3, -0.25) is 0 Å². The van der Waals surface area contributed by atoms with E-state index in [-0.39, 0.29) is 5.82 Å². The zero-order valence-electron chi connectivity index (χ0n) is 11.7. The summed E-state index contributed by atoms with van der Waals surface area (Å²) < 4.78 is 13.8. The molecule has 0 heterocycles. The van der Waals surface area contributed by atoms with Gasteiger partial charge in [0.15, 0.2) is 0 Å². The molecule has 0 bridgehead atoms. The summed E-state index contributed by atoms with van der Waals surface area (Å²) in [5.74, 6) is -0.168. The Morgan fingerprint density at radius 1 is 1.05 bits per heavy atom. The average molecular weight is 257 g/mol. The number of halogens is 1. The van der Waals surface area contributed by atoms with Gasteiger partial charge in [-0.25, -0.2) is 4.39 Å². The van der Waals surface area contributed by atoms with Crippen molar-refractivity contribution in [1.82, 2.24) is 5.32 Å². The molecule has 1 N–H and O–H groups in total. The molecule has 2 heteroatoms. The molecule has 0 fully saturated rings. The summed E-state index contributed by atoms with van der Waals surface area (Å²) in [6, 6.07) is 13.6. The fraction of sp³-hybridized carbons (Fsp3) is 0.294. The largest absolute Gasteiger partial charge is 0.310 e. The fourth-order valence-electron chi connectivity index (χ4n) is 2.14. The third-order valence-corrected chi connectivity index (χ3v) is 3.17. The quantitative estimate of drug-likeness (QED) is 0.861. The second-order valence-corrected chi connectivity index (χ2v) is 5.16. The molecular formula is C17H20FN. The Morgan fingerprint density at radius 2 is 1.79 bits per heavy atom. The van der Waals surface area contributed by atoms with E-state index in [4.69, 9.17) is 0 Å². The third-order valence-electron chi connectivity index (χ3n) is 3.17. The van der Waals surface area contributed by atoms with Crippen LogP contribution in [0.3, 0.4) is 0 Å². The molecule has 0 amide bonds. The monoisotopic (exact) mass is 257 g/mol. The first-order valence-electron chi connectivity index (χ1n) is 6.65. The molecule has 100 valence electrons. The minimum atomic E-state index is -0.168. The number of aryl methyl sites for hydroxylation is 1. The van der Waals surface area contributed by atoms with E-state index in [1.807, 2.05) is 25.1 Å². The zero-order valence-corrected chi connectivity index (χ0v) is 11.7. The Kier molecular flexibility index (Phi) is 4.33. The van der Waals surface area contributed by atoms with Crippen LogP contribution in [-0.4, -0.2) is 6.04 Å². The second kappa shape index (κ2) is 5.98. The average Bonchev–Trinajstić information content (AvgIpc) is 2.38. The lowest BCUT2D eigenvalue weighted by molar-refractivity contribution is 0.588. The van der Waals surface area contributed by atoms with E-state index in [1.165, 1.54) is 11.6 Å². The highest BCUT2D eigenvalue weighted by molar-refractivity contribution is 5.68. The van der Waals surface area contributed by atoms with Crippen LogP contribution in [0.2, 0.25) is 0 Å². The summed E-state index contributed by atoms with van der Waals surface area (Å²) in [7, 11) is 0. The van der Waals surface area contributed by atoms with Crippen molar-refractivity contribution in [2.75, 3.05) is 0 Å². The van der Waals surface area contributed by atoms with Gasteiger partial charge in [0.1, 0.15) is 5.82 Å². The third kappa shape index (κ3) is 3.42. The minimum Gasteiger partial charge on any atom is -0.310 e. The maximum Gasteiger partial charge on any atom is 0.131 e. The van der Waals surface area contributed by atoms with Crippen molar-refractivity contribution in [1.29, 1.82) is 0 Å². The van der Waals surface area contributed by atoms with E-state index in [9.17, 15) is 4.39 Å². The number of hydrogen-bond acceptors (Lipinski definition) is 1. The molecule has 0 saturated carbocycles. The molecule has 0 saturated heterocycles. The van der Waals surface area contributed by atoms with E-state index in [1.54, 1.807) is 6.07 Å². The van der Waals surface area contributed by atoms with E-state index in [0.717, 1.165) is 17.7 Å². The van der Waals surface area contributed by atoms with Crippen LogP contribution < -0.4 is 5.32 Å². The van der Waals surface area contributed by atoms with Crippen LogP contribution in [0.1, 0.15) is 25.0 Å². The summed E-state index contributed by atoms with van der Waals surface area (Å²) in [5, 5.41) is 3.39. The van der Waals surface area contributed by atoms with Gasteiger partial charge >= 0.3 is 0 Å². The van der Waals surface area contributed by atoms with Crippen molar-refractivity contribution < 1.29 is 4.39 Å². The minimum absolute atomic E-state index is 0.168. The van der Waals surface area contributed by atoms with Crippen molar-refractivity contribution >= 4 is 0 Å². The van der Waals surface area contributed by atoms with Gasteiger partial charge in [-0.15, -0.1) is 0 Å². The Hall–Kier alpha value is -1.67. The van der Waals surface area contributed by atoms with Crippen LogP contribution in [0.4, 0.5) is 4.39 Å². The van der Waals surface area contributed by atoms with Crippen LogP contribution in [0, 0.1) is 12.7 Å². The van der Waals surface area contributed by atoms with Gasteiger partial charge in [0.25, 0.3) is 0 Å². The lowest BCUT2D eigenvalue weighted by Gasteiger charge is -2.12. The van der Waals surface area contributed by atoms with Gasteiger partial charge in [-0.1, -0.05) is 50.2 Å². The molecule has 2 aromatic rings. The molecule has 0 aliphatic carbocycles. The molecule has 19 heavy (non-hydrogen) atoms. The molecule has 2 rings (SSSR count). The Balaban J connectivity index is 2.27. The van der Waals surface area contributed by atoms with Crippen molar-refractivity contribution in [3.63, 3.8) is 0 Å². The summed E-state index contributed by atoms with van der Waals surface area (Å²) >= 11 is 0. The summed E-state index contributed by atoms with van der Waals surface area (Å²) in [5.41, 5.74) is 3.97. The molecule has 1 nitrogen and oxygen atoms in total. The summed E-state index contributed by atoms with van der Waals surface area (Å²) in [6.07, 6.45) is 0. The highest BCUT2D eigenvalue weighted by Gasteiger charge is 2.07. The number of benzene rings is 2. The molecule has 0 unspecified atom stereocenters. The van der Waals surface area contributed by atoms with Gasteiger partial charge in [-0.05, 0) is 29.7 Å². The van der Waals surface area contributed by atoms with Gasteiger partial charge < -0.3 is 5.32 Å². The van der Waals surface area contributed by atoms with Gasteiger partial charge in [-0.2, -0.15) is 0 Å². The smallest absolute Gasteiger partial charge is 0.131 e. The van der Waals surface area contributed by atoms with Crippen LogP contribution in [0.15, 0.2) is 42.5 Å². The highest BCUT2D eigenvalue weighted by Crippen LogP contribution is 2.26. The van der Waals surface area contributed by atoms with Gasteiger partial charge in [0.05, 0.1) is 0 Å². The van der Waals surface area contributed by atoms with Gasteiger partial charge in [0, 0.05) is 18.2 Å². The second-order valence-electron chi connectivity index (χ2n) is 5.16. The molecule has 0 aromatic heterocycles. The summed E-state index contributed by atoms with van der Waals surface area (Å²) in [6.45, 7) is 7.12. The first kappa shape index (κ1) is 13.8. The molecule has 0 spiro atoms. The number of nitrogens with one attached hydrogen (secondary N) is 1. The highest BCUT2D eigenvalue weighted by atomic mass is 19.1. The lowest BCUT2D eigenvalue weighted by atomic mass is 9.98. The molecule has 2 aromatic carbocycles. The van der Waals surface area contributed by atoms with E-state index >= 15 is 0 Å². The van der Waals surface area contributed by atoms with Crippen LogP contribution >= 0.6 is 0 Å². The first-order valence-corrected chi connectivity index (χ1v) is 6.65. The van der Waals surface area contributed by atoms with Crippen LogP contribution in [0.5, 0.6) is 0 Å². The van der Waals surface area contributed by atoms with Crippen molar-refractivity contribution in [3.8, 4) is 11.1 Å². The van der Waals surface area contributed by atoms with Crippen LogP contribution in [-0.2, 0) is 6.54 Å². The van der Waals surface area contributed by atoms with E-state index in [0.29, 0.717) is 11.6 Å². The van der Waals surface area contributed by atoms with Crippen molar-refractivity contribution in [3.05, 3.63) is 59.4 Å². The Bertz CT molecular complexity index is 561. The van der Waals surface area contributed by atoms with Gasteiger partial charge in [0.2, 0.25) is 0 Å². The van der Waals surface area contributed by atoms with Crippen molar-refractivity contribution in [2.45, 2.75) is 33.4 Å². The Morgan fingerprint density at radius 3 is 2.42 bits per heavy atom. The number of hydrogen-bond donors (Lipinski definition) is 1.